The zero-order chi connectivity index (χ0) is 21.8. The van der Waals surface area contributed by atoms with E-state index in [1.165, 1.54) is 17.5 Å². The van der Waals surface area contributed by atoms with Crippen LogP contribution in [0.5, 0.6) is 0 Å². The van der Waals surface area contributed by atoms with Crippen LogP contribution in [0, 0.1) is 11.3 Å². The molecule has 1 saturated heterocycles. The molecule has 3 aromatic rings. The van der Waals surface area contributed by atoms with Crippen LogP contribution in [0.15, 0.2) is 54.0 Å². The highest BCUT2D eigenvalue weighted by molar-refractivity contribution is 7.55. The summed E-state index contributed by atoms with van der Waals surface area (Å²) in [5.74, 6) is -0.502. The molecule has 1 atom stereocenters. The van der Waals surface area contributed by atoms with E-state index in [9.17, 15) is 9.36 Å². The average Bonchev–Trinajstić information content (AvgIpc) is 3.17. The van der Waals surface area contributed by atoms with Crippen LogP contribution in [0.1, 0.15) is 28.8 Å². The topological polar surface area (TPSA) is 88.4 Å². The first-order valence-corrected chi connectivity index (χ1v) is 12.4. The third-order valence-electron chi connectivity index (χ3n) is 4.77. The Bertz CT molecular complexity index is 1240. The van der Waals surface area contributed by atoms with Gasteiger partial charge in [-0.1, -0.05) is 23.7 Å². The molecule has 1 amide bonds. The van der Waals surface area contributed by atoms with E-state index >= 15 is 0 Å². The molecule has 1 fully saturated rings. The van der Waals surface area contributed by atoms with Crippen LogP contribution < -0.4 is 5.32 Å². The SMILES string of the molecule is N#Cc1cccc(C=CNC(=O)C(c2csc3ccc(Cl)cc23)P2(=O)OCCCO2)c1. The molecule has 4 rings (SSSR count). The molecule has 1 N–H and O–H groups in total. The van der Waals surface area contributed by atoms with Crippen LogP contribution in [0.25, 0.3) is 16.2 Å². The molecule has 31 heavy (non-hydrogen) atoms. The fraction of sp³-hybridized carbons (Fsp3) is 0.182. The number of carbonyl (C=O) groups is 1. The standard InChI is InChI=1S/C22H18ClN2O4PS/c23-17-5-6-20-18(12-17)19(14-31-20)21(30(27)28-9-2-10-29-30)22(26)25-8-7-15-3-1-4-16(11-15)13-24/h1,3-8,11-12,14,21H,2,9-10H2,(H,25,26). The maximum atomic E-state index is 13.5. The predicted molar refractivity (Wildman–Crippen MR) is 122 cm³/mol. The third kappa shape index (κ3) is 4.74. The van der Waals surface area contributed by atoms with Crippen molar-refractivity contribution >= 4 is 52.6 Å². The minimum Gasteiger partial charge on any atom is -0.332 e. The van der Waals surface area contributed by atoms with Gasteiger partial charge in [-0.3, -0.25) is 9.36 Å². The lowest BCUT2D eigenvalue weighted by Crippen LogP contribution is -2.28. The van der Waals surface area contributed by atoms with E-state index in [-0.39, 0.29) is 13.2 Å². The van der Waals surface area contributed by atoms with Crippen LogP contribution in [0.3, 0.4) is 0 Å². The van der Waals surface area contributed by atoms with Gasteiger partial charge in [0.25, 0.3) is 0 Å². The molecule has 0 aliphatic carbocycles. The number of amides is 1. The molecule has 1 aromatic heterocycles. The van der Waals surface area contributed by atoms with Crippen molar-refractivity contribution in [2.24, 2.45) is 0 Å². The van der Waals surface area contributed by atoms with Gasteiger partial charge in [-0.05, 0) is 64.7 Å². The largest absolute Gasteiger partial charge is 0.347 e. The van der Waals surface area contributed by atoms with Crippen molar-refractivity contribution in [3.63, 3.8) is 0 Å². The van der Waals surface area contributed by atoms with Gasteiger partial charge in [-0.15, -0.1) is 11.3 Å². The number of rotatable bonds is 5. The lowest BCUT2D eigenvalue weighted by Gasteiger charge is -2.29. The lowest BCUT2D eigenvalue weighted by molar-refractivity contribution is -0.120. The molecule has 9 heteroatoms. The molecule has 0 radical (unpaired) electrons. The van der Waals surface area contributed by atoms with E-state index in [1.807, 2.05) is 12.1 Å². The first-order chi connectivity index (χ1) is 15.0. The molecular weight excluding hydrogens is 455 g/mol. The molecule has 1 aliphatic rings. The number of nitrogens with one attached hydrogen (secondary N) is 1. The fourth-order valence-corrected chi connectivity index (χ4v) is 6.62. The Morgan fingerprint density at radius 2 is 2.06 bits per heavy atom. The van der Waals surface area contributed by atoms with E-state index in [2.05, 4.69) is 11.4 Å². The van der Waals surface area contributed by atoms with Crippen molar-refractivity contribution in [1.29, 1.82) is 5.26 Å². The maximum absolute atomic E-state index is 13.5. The van der Waals surface area contributed by atoms with Gasteiger partial charge in [0.2, 0.25) is 5.91 Å². The Hall–Kier alpha value is -2.46. The first kappa shape index (κ1) is 21.8. The van der Waals surface area contributed by atoms with Crippen LogP contribution in [-0.4, -0.2) is 19.1 Å². The van der Waals surface area contributed by atoms with Crippen LogP contribution in [0.2, 0.25) is 5.02 Å². The third-order valence-corrected chi connectivity index (χ3v) is 8.22. The summed E-state index contributed by atoms with van der Waals surface area (Å²) < 4.78 is 25.5. The van der Waals surface area contributed by atoms with Gasteiger partial charge in [-0.25, -0.2) is 0 Å². The first-order valence-electron chi connectivity index (χ1n) is 9.53. The minimum atomic E-state index is -3.74. The summed E-state index contributed by atoms with van der Waals surface area (Å²) in [6.07, 6.45) is 3.74. The van der Waals surface area contributed by atoms with E-state index in [4.69, 9.17) is 25.9 Å². The molecule has 1 unspecified atom stereocenters. The Kier molecular flexibility index (Phi) is 6.57. The van der Waals surface area contributed by atoms with Crippen LogP contribution in [0.4, 0.5) is 0 Å². The summed E-state index contributed by atoms with van der Waals surface area (Å²) in [6.45, 7) is 0.529. The molecule has 0 bridgehead atoms. The average molecular weight is 473 g/mol. The highest BCUT2D eigenvalue weighted by Crippen LogP contribution is 2.63. The van der Waals surface area contributed by atoms with Gasteiger partial charge in [-0.2, -0.15) is 5.26 Å². The van der Waals surface area contributed by atoms with Crippen LogP contribution >= 0.6 is 30.5 Å². The van der Waals surface area contributed by atoms with Crippen molar-refractivity contribution < 1.29 is 18.4 Å². The molecule has 0 saturated carbocycles. The van der Waals surface area contributed by atoms with Gasteiger partial charge in [0.15, 0.2) is 5.66 Å². The number of nitrogens with zero attached hydrogens (tertiary/aromatic N) is 1. The lowest BCUT2D eigenvalue weighted by atomic mass is 10.1. The number of thiophene rings is 1. The van der Waals surface area contributed by atoms with Gasteiger partial charge >= 0.3 is 7.60 Å². The number of carbonyl (C=O) groups excluding carboxylic acids is 1. The van der Waals surface area contributed by atoms with E-state index in [1.54, 1.807) is 41.8 Å². The summed E-state index contributed by atoms with van der Waals surface area (Å²) in [5.41, 5.74) is 0.696. The minimum absolute atomic E-state index is 0.265. The molecule has 2 aromatic carbocycles. The molecule has 158 valence electrons. The number of fused-ring (bicyclic) bond motifs is 1. The van der Waals surface area contributed by atoms with E-state index in [0.717, 1.165) is 15.6 Å². The molecule has 2 heterocycles. The normalized spacial score (nSPS) is 16.8. The molecule has 6 nitrogen and oxygen atoms in total. The summed E-state index contributed by atoms with van der Waals surface area (Å²) in [4.78, 5) is 13.2. The predicted octanol–water partition coefficient (Wildman–Crippen LogP) is 5.88. The zero-order valence-corrected chi connectivity index (χ0v) is 18.8. The number of hydrogen-bond donors (Lipinski definition) is 1. The molecule has 1 aliphatic heterocycles. The number of benzene rings is 2. The van der Waals surface area contributed by atoms with Gasteiger partial charge in [0.05, 0.1) is 24.8 Å². The Balaban J connectivity index is 1.66. The van der Waals surface area contributed by atoms with Crippen molar-refractivity contribution in [1.82, 2.24) is 5.32 Å². The highest BCUT2D eigenvalue weighted by atomic mass is 35.5. The zero-order valence-electron chi connectivity index (χ0n) is 16.3. The van der Waals surface area contributed by atoms with Gasteiger partial charge < -0.3 is 14.4 Å². The smallest absolute Gasteiger partial charge is 0.332 e. The summed E-state index contributed by atoms with van der Waals surface area (Å²) in [6, 6.07) is 14.4. The maximum Gasteiger partial charge on any atom is 0.347 e. The quantitative estimate of drug-likeness (QED) is 0.468. The van der Waals surface area contributed by atoms with E-state index in [0.29, 0.717) is 22.6 Å². The van der Waals surface area contributed by atoms with Gasteiger partial charge in [0, 0.05) is 15.9 Å². The number of halogens is 1. The fourth-order valence-electron chi connectivity index (χ4n) is 3.33. The van der Waals surface area contributed by atoms with Gasteiger partial charge in [0.1, 0.15) is 0 Å². The number of nitriles is 1. The molecule has 0 spiro atoms. The monoisotopic (exact) mass is 472 g/mol. The van der Waals surface area contributed by atoms with E-state index < -0.39 is 19.2 Å². The summed E-state index contributed by atoms with van der Waals surface area (Å²) in [7, 11) is -3.74. The summed E-state index contributed by atoms with van der Waals surface area (Å²) >= 11 is 7.60. The second kappa shape index (κ2) is 9.35. The Morgan fingerprint density at radius 3 is 2.84 bits per heavy atom. The second-order valence-corrected chi connectivity index (χ2v) is 10.3. The Morgan fingerprint density at radius 1 is 1.26 bits per heavy atom. The number of hydrogen-bond acceptors (Lipinski definition) is 6. The summed E-state index contributed by atoms with van der Waals surface area (Å²) in [5, 5.41) is 14.8. The van der Waals surface area contributed by atoms with Crippen molar-refractivity contribution in [2.45, 2.75) is 12.1 Å². The second-order valence-electron chi connectivity index (χ2n) is 6.87. The Labute approximate surface area is 188 Å². The molecular formula is C22H18ClN2O4PS. The van der Waals surface area contributed by atoms with Crippen molar-refractivity contribution in [3.05, 3.63) is 75.8 Å². The van der Waals surface area contributed by atoms with Crippen molar-refractivity contribution in [3.8, 4) is 6.07 Å². The van der Waals surface area contributed by atoms with Crippen molar-refractivity contribution in [2.75, 3.05) is 13.2 Å². The highest BCUT2D eigenvalue weighted by Gasteiger charge is 2.45. The van der Waals surface area contributed by atoms with Crippen LogP contribution in [-0.2, 0) is 18.4 Å².